The number of carbonyl (C=O) groups excluding carboxylic acids is 2. The van der Waals surface area contributed by atoms with Crippen LogP contribution in [0.3, 0.4) is 0 Å². The standard InChI is InChI=1S/C16H22N2O4/c1-5-21-13-6-8-14(9-7-13)22-12(4)16(20)18-17-15(19)10-11(2)3/h6-10,12H,5H2,1-4H3,(H,17,19)(H,18,20). The maximum atomic E-state index is 11.8. The topological polar surface area (TPSA) is 76.7 Å². The quantitative estimate of drug-likeness (QED) is 0.622. The van der Waals surface area contributed by atoms with Crippen molar-refractivity contribution in [2.75, 3.05) is 6.61 Å². The minimum absolute atomic E-state index is 0.387. The van der Waals surface area contributed by atoms with Gasteiger partial charge < -0.3 is 9.47 Å². The van der Waals surface area contributed by atoms with Crippen LogP contribution in [0.4, 0.5) is 0 Å². The highest BCUT2D eigenvalue weighted by Gasteiger charge is 2.15. The molecule has 0 spiro atoms. The number of hydrogen-bond acceptors (Lipinski definition) is 4. The van der Waals surface area contributed by atoms with Gasteiger partial charge in [0.1, 0.15) is 11.5 Å². The third-order valence-electron chi connectivity index (χ3n) is 2.55. The largest absolute Gasteiger partial charge is 0.494 e. The molecule has 120 valence electrons. The Kier molecular flexibility index (Phi) is 6.95. The van der Waals surface area contributed by atoms with Crippen molar-refractivity contribution in [2.24, 2.45) is 0 Å². The van der Waals surface area contributed by atoms with Crippen LogP contribution >= 0.6 is 0 Å². The molecule has 0 fully saturated rings. The average Bonchev–Trinajstić information content (AvgIpc) is 2.46. The molecule has 1 atom stereocenters. The van der Waals surface area contributed by atoms with Crippen LogP contribution in [-0.2, 0) is 9.59 Å². The van der Waals surface area contributed by atoms with Crippen molar-refractivity contribution in [3.05, 3.63) is 35.9 Å². The summed E-state index contributed by atoms with van der Waals surface area (Å²) in [6.07, 6.45) is 0.642. The Bertz CT molecular complexity index is 534. The Balaban J connectivity index is 2.46. The lowest BCUT2D eigenvalue weighted by molar-refractivity contribution is -0.131. The third-order valence-corrected chi connectivity index (χ3v) is 2.55. The summed E-state index contributed by atoms with van der Waals surface area (Å²) in [7, 11) is 0. The van der Waals surface area contributed by atoms with E-state index in [4.69, 9.17) is 9.47 Å². The first-order valence-electron chi connectivity index (χ1n) is 7.06. The number of allylic oxidation sites excluding steroid dienone is 1. The molecule has 0 aliphatic carbocycles. The van der Waals surface area contributed by atoms with Gasteiger partial charge in [-0.2, -0.15) is 0 Å². The maximum Gasteiger partial charge on any atom is 0.279 e. The minimum Gasteiger partial charge on any atom is -0.494 e. The summed E-state index contributed by atoms with van der Waals surface area (Å²) in [6.45, 7) is 7.67. The fourth-order valence-electron chi connectivity index (χ4n) is 1.56. The summed E-state index contributed by atoms with van der Waals surface area (Å²) >= 11 is 0. The second kappa shape index (κ2) is 8.71. The number of amides is 2. The lowest BCUT2D eigenvalue weighted by atomic mass is 10.3. The minimum atomic E-state index is -0.745. The Morgan fingerprint density at radius 1 is 1.14 bits per heavy atom. The van der Waals surface area contributed by atoms with Crippen molar-refractivity contribution in [2.45, 2.75) is 33.8 Å². The van der Waals surface area contributed by atoms with Gasteiger partial charge in [-0.05, 0) is 52.0 Å². The number of ether oxygens (including phenoxy) is 2. The number of hydrogen-bond donors (Lipinski definition) is 2. The van der Waals surface area contributed by atoms with Crippen LogP contribution < -0.4 is 20.3 Å². The molecule has 0 bridgehead atoms. The molecular weight excluding hydrogens is 284 g/mol. The molecule has 0 saturated carbocycles. The molecule has 0 aromatic heterocycles. The second-order valence-electron chi connectivity index (χ2n) is 4.86. The predicted molar refractivity (Wildman–Crippen MR) is 83.4 cm³/mol. The summed E-state index contributed by atoms with van der Waals surface area (Å²) in [5, 5.41) is 0. The first kappa shape index (κ1) is 17.6. The molecule has 2 N–H and O–H groups in total. The van der Waals surface area contributed by atoms with Crippen LogP contribution in [0, 0.1) is 0 Å². The van der Waals surface area contributed by atoms with Gasteiger partial charge in [-0.3, -0.25) is 20.4 Å². The molecule has 0 heterocycles. The first-order valence-corrected chi connectivity index (χ1v) is 7.06. The van der Waals surface area contributed by atoms with E-state index in [1.807, 2.05) is 6.92 Å². The van der Waals surface area contributed by atoms with Crippen LogP contribution in [0.2, 0.25) is 0 Å². The van der Waals surface area contributed by atoms with Crippen LogP contribution in [0.15, 0.2) is 35.9 Å². The van der Waals surface area contributed by atoms with E-state index in [9.17, 15) is 9.59 Å². The van der Waals surface area contributed by atoms with E-state index in [2.05, 4.69) is 10.9 Å². The molecule has 0 radical (unpaired) electrons. The normalized spacial score (nSPS) is 11.1. The van der Waals surface area contributed by atoms with Gasteiger partial charge in [-0.1, -0.05) is 5.57 Å². The lowest BCUT2D eigenvalue weighted by Gasteiger charge is -2.15. The lowest BCUT2D eigenvalue weighted by Crippen LogP contribution is -2.46. The van der Waals surface area contributed by atoms with Gasteiger partial charge in [-0.15, -0.1) is 0 Å². The summed E-state index contributed by atoms with van der Waals surface area (Å²) in [4.78, 5) is 23.2. The fraction of sp³-hybridized carbons (Fsp3) is 0.375. The zero-order valence-corrected chi connectivity index (χ0v) is 13.3. The van der Waals surface area contributed by atoms with Crippen LogP contribution in [0.1, 0.15) is 27.7 Å². The summed E-state index contributed by atoms with van der Waals surface area (Å²) in [5.41, 5.74) is 5.44. The third kappa shape index (κ3) is 6.30. The molecule has 1 aromatic carbocycles. The predicted octanol–water partition coefficient (Wildman–Crippen LogP) is 1.97. The van der Waals surface area contributed by atoms with E-state index >= 15 is 0 Å². The maximum absolute atomic E-state index is 11.8. The zero-order valence-electron chi connectivity index (χ0n) is 13.3. The number of rotatable bonds is 6. The number of nitrogens with one attached hydrogen (secondary N) is 2. The van der Waals surface area contributed by atoms with Crippen LogP contribution in [-0.4, -0.2) is 24.5 Å². The Morgan fingerprint density at radius 2 is 1.73 bits per heavy atom. The number of carbonyl (C=O) groups is 2. The van der Waals surface area contributed by atoms with Gasteiger partial charge in [0.15, 0.2) is 6.10 Å². The molecule has 0 aliphatic rings. The van der Waals surface area contributed by atoms with Crippen molar-refractivity contribution >= 4 is 11.8 Å². The van der Waals surface area contributed by atoms with Crippen LogP contribution in [0.5, 0.6) is 11.5 Å². The smallest absolute Gasteiger partial charge is 0.279 e. The van der Waals surface area contributed by atoms with Crippen molar-refractivity contribution < 1.29 is 19.1 Å². The molecular formula is C16H22N2O4. The molecule has 0 saturated heterocycles. The molecule has 2 amide bonds. The van der Waals surface area contributed by atoms with Gasteiger partial charge >= 0.3 is 0 Å². The highest BCUT2D eigenvalue weighted by Crippen LogP contribution is 2.18. The Hall–Kier alpha value is -2.50. The molecule has 6 nitrogen and oxygen atoms in total. The van der Waals surface area contributed by atoms with Crippen molar-refractivity contribution in [3.63, 3.8) is 0 Å². The Morgan fingerprint density at radius 3 is 2.27 bits per heavy atom. The van der Waals surface area contributed by atoms with Crippen molar-refractivity contribution in [1.29, 1.82) is 0 Å². The molecule has 22 heavy (non-hydrogen) atoms. The van der Waals surface area contributed by atoms with E-state index < -0.39 is 12.0 Å². The summed E-state index contributed by atoms with van der Waals surface area (Å²) < 4.78 is 10.8. The van der Waals surface area contributed by atoms with E-state index in [0.717, 1.165) is 11.3 Å². The van der Waals surface area contributed by atoms with Gasteiger partial charge in [0, 0.05) is 6.08 Å². The van der Waals surface area contributed by atoms with Crippen LogP contribution in [0.25, 0.3) is 0 Å². The van der Waals surface area contributed by atoms with E-state index in [1.165, 1.54) is 6.08 Å². The summed E-state index contributed by atoms with van der Waals surface area (Å²) in [5.74, 6) is 0.452. The average molecular weight is 306 g/mol. The molecule has 1 aromatic rings. The molecule has 0 aliphatic heterocycles. The highest BCUT2D eigenvalue weighted by molar-refractivity contribution is 5.90. The van der Waals surface area contributed by atoms with Crippen molar-refractivity contribution in [3.8, 4) is 11.5 Å². The van der Waals surface area contributed by atoms with Gasteiger partial charge in [0.05, 0.1) is 6.61 Å². The zero-order chi connectivity index (χ0) is 16.5. The molecule has 1 unspecified atom stereocenters. The number of benzene rings is 1. The number of hydrazine groups is 1. The highest BCUT2D eigenvalue weighted by atomic mass is 16.5. The molecule has 1 rings (SSSR count). The van der Waals surface area contributed by atoms with E-state index in [1.54, 1.807) is 45.0 Å². The van der Waals surface area contributed by atoms with Gasteiger partial charge in [0.25, 0.3) is 11.8 Å². The second-order valence-corrected chi connectivity index (χ2v) is 4.86. The van der Waals surface area contributed by atoms with E-state index in [0.29, 0.717) is 12.4 Å². The Labute approximate surface area is 130 Å². The fourth-order valence-corrected chi connectivity index (χ4v) is 1.56. The van der Waals surface area contributed by atoms with Gasteiger partial charge in [-0.25, -0.2) is 0 Å². The first-order chi connectivity index (χ1) is 10.4. The molecule has 6 heteroatoms. The van der Waals surface area contributed by atoms with Gasteiger partial charge in [0.2, 0.25) is 0 Å². The van der Waals surface area contributed by atoms with Crippen molar-refractivity contribution in [1.82, 2.24) is 10.9 Å². The summed E-state index contributed by atoms with van der Waals surface area (Å²) in [6, 6.07) is 6.97. The SMILES string of the molecule is CCOc1ccc(OC(C)C(=O)NNC(=O)C=C(C)C)cc1. The monoisotopic (exact) mass is 306 g/mol. The van der Waals surface area contributed by atoms with E-state index in [-0.39, 0.29) is 5.91 Å².